The Balaban J connectivity index is 1.69. The van der Waals surface area contributed by atoms with Gasteiger partial charge in [0.05, 0.1) is 11.3 Å². The number of fused-ring (bicyclic) bond motifs is 1. The van der Waals surface area contributed by atoms with Crippen LogP contribution < -0.4 is 10.6 Å². The van der Waals surface area contributed by atoms with Crippen LogP contribution in [0.4, 0.5) is 11.5 Å². The Kier molecular flexibility index (Phi) is 3.45. The Labute approximate surface area is 138 Å². The minimum atomic E-state index is -0.0602. The molecule has 1 aliphatic rings. The molecular formula is C17H16N6O. The van der Waals surface area contributed by atoms with Crippen molar-refractivity contribution in [3.8, 4) is 11.5 Å². The second-order valence-corrected chi connectivity index (χ2v) is 5.50. The van der Waals surface area contributed by atoms with Gasteiger partial charge < -0.3 is 15.2 Å². The molecule has 24 heavy (non-hydrogen) atoms. The standard InChI is InChI=1S/C17H16N6O/c1-2-23-10-19-22-16(23)13-7-4-8-14(21-13)20-12-6-3-5-11-9-18-17(24)15(11)12/h3-8,10H,2,9H2,1H3,(H,18,24)(H,20,21). The molecule has 0 radical (unpaired) electrons. The van der Waals surface area contributed by atoms with Crippen LogP contribution in [0.2, 0.25) is 0 Å². The van der Waals surface area contributed by atoms with E-state index in [1.54, 1.807) is 6.33 Å². The number of rotatable bonds is 4. The molecule has 1 amide bonds. The molecule has 7 heteroatoms. The van der Waals surface area contributed by atoms with Crippen LogP contribution >= 0.6 is 0 Å². The second kappa shape index (κ2) is 5.77. The molecule has 120 valence electrons. The molecule has 7 nitrogen and oxygen atoms in total. The molecule has 0 bridgehead atoms. The summed E-state index contributed by atoms with van der Waals surface area (Å²) in [7, 11) is 0. The van der Waals surface area contributed by atoms with Crippen molar-refractivity contribution >= 4 is 17.4 Å². The Bertz CT molecular complexity index is 917. The summed E-state index contributed by atoms with van der Waals surface area (Å²) < 4.78 is 1.93. The van der Waals surface area contributed by atoms with Gasteiger partial charge in [-0.15, -0.1) is 10.2 Å². The minimum absolute atomic E-state index is 0.0602. The van der Waals surface area contributed by atoms with E-state index in [4.69, 9.17) is 0 Å². The monoisotopic (exact) mass is 320 g/mol. The van der Waals surface area contributed by atoms with Gasteiger partial charge in [0.15, 0.2) is 5.82 Å². The van der Waals surface area contributed by atoms with Gasteiger partial charge in [-0.25, -0.2) is 4.98 Å². The lowest BCUT2D eigenvalue weighted by Crippen LogP contribution is -2.13. The fourth-order valence-corrected chi connectivity index (χ4v) is 2.84. The van der Waals surface area contributed by atoms with E-state index in [0.717, 1.165) is 29.3 Å². The molecule has 0 aliphatic carbocycles. The van der Waals surface area contributed by atoms with Crippen LogP contribution in [0.3, 0.4) is 0 Å². The number of hydrogen-bond donors (Lipinski definition) is 2. The predicted molar refractivity (Wildman–Crippen MR) is 89.8 cm³/mol. The number of benzene rings is 1. The van der Waals surface area contributed by atoms with E-state index in [0.29, 0.717) is 17.9 Å². The number of nitrogens with one attached hydrogen (secondary N) is 2. The summed E-state index contributed by atoms with van der Waals surface area (Å²) in [5.41, 5.74) is 3.16. The van der Waals surface area contributed by atoms with Gasteiger partial charge in [0.2, 0.25) is 0 Å². The van der Waals surface area contributed by atoms with Crippen molar-refractivity contribution in [2.24, 2.45) is 0 Å². The lowest BCUT2D eigenvalue weighted by molar-refractivity contribution is 0.0966. The zero-order valence-corrected chi connectivity index (χ0v) is 13.2. The van der Waals surface area contributed by atoms with Crippen LogP contribution in [0, 0.1) is 0 Å². The molecule has 0 unspecified atom stereocenters. The lowest BCUT2D eigenvalue weighted by atomic mass is 10.1. The number of pyridine rings is 1. The van der Waals surface area contributed by atoms with Gasteiger partial charge in [0.1, 0.15) is 17.8 Å². The highest BCUT2D eigenvalue weighted by Crippen LogP contribution is 2.27. The Morgan fingerprint density at radius 3 is 3.00 bits per heavy atom. The molecule has 2 N–H and O–H groups in total. The first-order valence-electron chi connectivity index (χ1n) is 7.78. The van der Waals surface area contributed by atoms with Crippen molar-refractivity contribution in [3.63, 3.8) is 0 Å². The maximum absolute atomic E-state index is 12.0. The fourth-order valence-electron chi connectivity index (χ4n) is 2.84. The van der Waals surface area contributed by atoms with E-state index in [1.807, 2.05) is 47.9 Å². The third-order valence-electron chi connectivity index (χ3n) is 4.01. The van der Waals surface area contributed by atoms with Crippen LogP contribution in [-0.4, -0.2) is 25.7 Å². The van der Waals surface area contributed by atoms with Crippen molar-refractivity contribution in [2.75, 3.05) is 5.32 Å². The number of aryl methyl sites for hydroxylation is 1. The number of aromatic nitrogens is 4. The maximum atomic E-state index is 12.0. The van der Waals surface area contributed by atoms with Crippen molar-refractivity contribution in [3.05, 3.63) is 53.9 Å². The molecule has 0 fully saturated rings. The number of carbonyl (C=O) groups is 1. The summed E-state index contributed by atoms with van der Waals surface area (Å²) in [6.07, 6.45) is 1.69. The molecule has 3 aromatic rings. The number of hydrogen-bond acceptors (Lipinski definition) is 5. The predicted octanol–water partition coefficient (Wildman–Crippen LogP) is 2.35. The van der Waals surface area contributed by atoms with Gasteiger partial charge in [-0.3, -0.25) is 4.79 Å². The molecule has 3 heterocycles. The van der Waals surface area contributed by atoms with Gasteiger partial charge in [-0.2, -0.15) is 0 Å². The van der Waals surface area contributed by atoms with Crippen molar-refractivity contribution < 1.29 is 4.79 Å². The Morgan fingerprint density at radius 1 is 1.25 bits per heavy atom. The van der Waals surface area contributed by atoms with Crippen LogP contribution in [0.15, 0.2) is 42.7 Å². The average molecular weight is 320 g/mol. The quantitative estimate of drug-likeness (QED) is 0.771. The average Bonchev–Trinajstić information content (AvgIpc) is 3.22. The number of amides is 1. The van der Waals surface area contributed by atoms with Crippen molar-refractivity contribution in [2.45, 2.75) is 20.0 Å². The molecule has 2 aromatic heterocycles. The molecule has 0 saturated heterocycles. The zero-order valence-electron chi connectivity index (χ0n) is 13.2. The highest BCUT2D eigenvalue weighted by atomic mass is 16.1. The van der Waals surface area contributed by atoms with Gasteiger partial charge >= 0.3 is 0 Å². The zero-order chi connectivity index (χ0) is 16.5. The van der Waals surface area contributed by atoms with E-state index in [-0.39, 0.29) is 5.91 Å². The van der Waals surface area contributed by atoms with E-state index in [1.165, 1.54) is 0 Å². The summed E-state index contributed by atoms with van der Waals surface area (Å²) in [5.74, 6) is 1.32. The largest absolute Gasteiger partial charge is 0.348 e. The normalized spacial score (nSPS) is 12.8. The molecule has 0 atom stereocenters. The first kappa shape index (κ1) is 14.4. The summed E-state index contributed by atoms with van der Waals surface area (Å²) in [4.78, 5) is 16.6. The topological polar surface area (TPSA) is 84.7 Å². The summed E-state index contributed by atoms with van der Waals surface area (Å²) in [6.45, 7) is 3.37. The van der Waals surface area contributed by atoms with Crippen LogP contribution in [-0.2, 0) is 13.1 Å². The number of nitrogens with zero attached hydrogens (tertiary/aromatic N) is 4. The maximum Gasteiger partial charge on any atom is 0.254 e. The highest BCUT2D eigenvalue weighted by Gasteiger charge is 2.22. The summed E-state index contributed by atoms with van der Waals surface area (Å²) >= 11 is 0. The summed E-state index contributed by atoms with van der Waals surface area (Å²) in [6, 6.07) is 11.4. The van der Waals surface area contributed by atoms with Crippen molar-refractivity contribution in [1.29, 1.82) is 0 Å². The second-order valence-electron chi connectivity index (χ2n) is 5.50. The molecular weight excluding hydrogens is 304 g/mol. The third-order valence-corrected chi connectivity index (χ3v) is 4.01. The Morgan fingerprint density at radius 2 is 2.12 bits per heavy atom. The number of anilines is 2. The molecule has 1 aliphatic heterocycles. The smallest absolute Gasteiger partial charge is 0.254 e. The lowest BCUT2D eigenvalue weighted by Gasteiger charge is -2.10. The van der Waals surface area contributed by atoms with Crippen LogP contribution in [0.5, 0.6) is 0 Å². The third kappa shape index (κ3) is 2.40. The first-order valence-corrected chi connectivity index (χ1v) is 7.78. The van der Waals surface area contributed by atoms with Gasteiger partial charge in [0.25, 0.3) is 5.91 Å². The van der Waals surface area contributed by atoms with Gasteiger partial charge in [0, 0.05) is 13.1 Å². The molecule has 0 spiro atoms. The van der Waals surface area contributed by atoms with E-state index in [2.05, 4.69) is 25.8 Å². The van der Waals surface area contributed by atoms with E-state index in [9.17, 15) is 4.79 Å². The molecule has 4 rings (SSSR count). The molecule has 1 aromatic carbocycles. The van der Waals surface area contributed by atoms with E-state index < -0.39 is 0 Å². The van der Waals surface area contributed by atoms with Crippen LogP contribution in [0.25, 0.3) is 11.5 Å². The fraction of sp³-hybridized carbons (Fsp3) is 0.176. The van der Waals surface area contributed by atoms with Gasteiger partial charge in [-0.05, 0) is 30.7 Å². The highest BCUT2D eigenvalue weighted by molar-refractivity contribution is 6.04. The summed E-state index contributed by atoms with van der Waals surface area (Å²) in [5, 5.41) is 14.2. The van der Waals surface area contributed by atoms with Crippen LogP contribution in [0.1, 0.15) is 22.8 Å². The first-order chi connectivity index (χ1) is 11.8. The SMILES string of the molecule is CCn1cnnc1-c1cccc(Nc2cccc3c2C(=O)NC3)n1. The minimum Gasteiger partial charge on any atom is -0.348 e. The van der Waals surface area contributed by atoms with Crippen molar-refractivity contribution in [1.82, 2.24) is 25.1 Å². The Hall–Kier alpha value is -3.22. The van der Waals surface area contributed by atoms with E-state index >= 15 is 0 Å². The van der Waals surface area contributed by atoms with Gasteiger partial charge in [-0.1, -0.05) is 18.2 Å². The number of carbonyl (C=O) groups excluding carboxylic acids is 1. The molecule has 0 saturated carbocycles.